The van der Waals surface area contributed by atoms with E-state index in [1.165, 1.54) is 0 Å². The van der Waals surface area contributed by atoms with Crippen molar-refractivity contribution in [3.63, 3.8) is 0 Å². The first-order valence-electron chi connectivity index (χ1n) is 4.70. The zero-order valence-electron chi connectivity index (χ0n) is 7.90. The molecule has 0 amide bonds. The normalized spacial score (nSPS) is 10.6. The molecule has 0 aliphatic heterocycles. The molecule has 0 aliphatic rings. The number of rotatable bonds is 0. The Morgan fingerprint density at radius 1 is 1.00 bits per heavy atom. The van der Waals surface area contributed by atoms with E-state index in [0.29, 0.717) is 5.76 Å². The van der Waals surface area contributed by atoms with Crippen LogP contribution < -0.4 is 0 Å². The van der Waals surface area contributed by atoms with E-state index in [4.69, 9.17) is 9.68 Å². The summed E-state index contributed by atoms with van der Waals surface area (Å²) >= 11 is 0. The lowest BCUT2D eigenvalue weighted by molar-refractivity contribution is 0.599. The van der Waals surface area contributed by atoms with Crippen LogP contribution in [-0.4, -0.2) is 0 Å². The fourth-order valence-corrected chi connectivity index (χ4v) is 1.85. The van der Waals surface area contributed by atoms with E-state index in [1.54, 1.807) is 6.07 Å². The van der Waals surface area contributed by atoms with Gasteiger partial charge in [0.15, 0.2) is 0 Å². The van der Waals surface area contributed by atoms with Crippen molar-refractivity contribution in [3.05, 3.63) is 48.2 Å². The van der Waals surface area contributed by atoms with Crippen molar-refractivity contribution in [2.45, 2.75) is 0 Å². The molecule has 0 aliphatic carbocycles. The highest BCUT2D eigenvalue weighted by atomic mass is 16.3. The summed E-state index contributed by atoms with van der Waals surface area (Å²) in [6.07, 6.45) is 0. The van der Waals surface area contributed by atoms with Crippen LogP contribution in [0, 0.1) is 11.3 Å². The van der Waals surface area contributed by atoms with Gasteiger partial charge in [0.2, 0.25) is 5.76 Å². The Morgan fingerprint density at radius 2 is 1.87 bits per heavy atom. The molecular formula is C13H7NO. The summed E-state index contributed by atoms with van der Waals surface area (Å²) in [5.74, 6) is 0.362. The minimum atomic E-state index is 0.362. The van der Waals surface area contributed by atoms with Crippen LogP contribution in [0.2, 0.25) is 0 Å². The molecule has 0 saturated carbocycles. The lowest BCUT2D eigenvalue weighted by Gasteiger charge is -1.96. The monoisotopic (exact) mass is 193 g/mol. The van der Waals surface area contributed by atoms with Gasteiger partial charge >= 0.3 is 0 Å². The lowest BCUT2D eigenvalue weighted by Crippen LogP contribution is -1.71. The molecule has 0 radical (unpaired) electrons. The molecule has 2 aromatic carbocycles. The van der Waals surface area contributed by atoms with Crippen LogP contribution in [0.3, 0.4) is 0 Å². The number of benzene rings is 2. The van der Waals surface area contributed by atoms with Gasteiger partial charge in [-0.3, -0.25) is 0 Å². The van der Waals surface area contributed by atoms with Crippen molar-refractivity contribution in [1.29, 1.82) is 5.26 Å². The number of fused-ring (bicyclic) bond motifs is 3. The van der Waals surface area contributed by atoms with Gasteiger partial charge < -0.3 is 4.42 Å². The van der Waals surface area contributed by atoms with Gasteiger partial charge in [0.25, 0.3) is 0 Å². The Balaban J connectivity index is 2.54. The summed E-state index contributed by atoms with van der Waals surface area (Å²) in [4.78, 5) is 0. The zero-order chi connectivity index (χ0) is 10.3. The number of nitriles is 1. The highest BCUT2D eigenvalue weighted by molar-refractivity contribution is 6.06. The molecule has 0 unspecified atom stereocenters. The second kappa shape index (κ2) is 2.86. The Bertz CT molecular complexity index is 688. The Morgan fingerprint density at radius 3 is 2.73 bits per heavy atom. The van der Waals surface area contributed by atoms with Gasteiger partial charge in [-0.1, -0.05) is 30.3 Å². The third-order valence-corrected chi connectivity index (χ3v) is 2.54. The maximum Gasteiger partial charge on any atom is 0.204 e. The molecule has 0 bridgehead atoms. The first-order chi connectivity index (χ1) is 7.38. The van der Waals surface area contributed by atoms with Crippen LogP contribution in [0.25, 0.3) is 21.7 Å². The van der Waals surface area contributed by atoms with Crippen molar-refractivity contribution in [1.82, 2.24) is 0 Å². The predicted octanol–water partition coefficient (Wildman–Crippen LogP) is 3.46. The molecule has 3 rings (SSSR count). The highest BCUT2D eigenvalue weighted by Gasteiger charge is 2.05. The van der Waals surface area contributed by atoms with Crippen LogP contribution in [0.15, 0.2) is 46.9 Å². The first kappa shape index (κ1) is 8.07. The molecular weight excluding hydrogens is 186 g/mol. The van der Waals surface area contributed by atoms with Crippen molar-refractivity contribution in [2.24, 2.45) is 0 Å². The number of hydrogen-bond acceptors (Lipinski definition) is 2. The summed E-state index contributed by atoms with van der Waals surface area (Å²) in [5.41, 5.74) is 0.769. The van der Waals surface area contributed by atoms with E-state index in [9.17, 15) is 0 Å². The largest absolute Gasteiger partial charge is 0.446 e. The predicted molar refractivity (Wildman–Crippen MR) is 58.4 cm³/mol. The van der Waals surface area contributed by atoms with Crippen LogP contribution in [-0.2, 0) is 0 Å². The minimum Gasteiger partial charge on any atom is -0.446 e. The lowest BCUT2D eigenvalue weighted by atomic mass is 10.1. The van der Waals surface area contributed by atoms with Gasteiger partial charge in [-0.15, -0.1) is 0 Å². The quantitative estimate of drug-likeness (QED) is 0.548. The van der Waals surface area contributed by atoms with Crippen molar-refractivity contribution >= 4 is 21.7 Å². The van der Waals surface area contributed by atoms with Crippen LogP contribution in [0.5, 0.6) is 0 Å². The fourth-order valence-electron chi connectivity index (χ4n) is 1.85. The maximum absolute atomic E-state index is 8.77. The summed E-state index contributed by atoms with van der Waals surface area (Å²) in [5, 5.41) is 12.1. The summed E-state index contributed by atoms with van der Waals surface area (Å²) in [6, 6.07) is 15.8. The molecule has 1 heterocycles. The molecule has 2 heteroatoms. The third kappa shape index (κ3) is 1.10. The fraction of sp³-hybridized carbons (Fsp3) is 0. The second-order valence-electron chi connectivity index (χ2n) is 3.42. The van der Waals surface area contributed by atoms with E-state index >= 15 is 0 Å². The Hall–Kier alpha value is -2.27. The van der Waals surface area contributed by atoms with E-state index in [0.717, 1.165) is 21.7 Å². The van der Waals surface area contributed by atoms with E-state index in [2.05, 4.69) is 0 Å². The summed E-state index contributed by atoms with van der Waals surface area (Å²) in [6.45, 7) is 0. The van der Waals surface area contributed by atoms with E-state index in [-0.39, 0.29) is 0 Å². The molecule has 0 fully saturated rings. The van der Waals surface area contributed by atoms with Gasteiger partial charge in [-0.05, 0) is 16.8 Å². The SMILES string of the molecule is N#Cc1cc2c(ccc3ccccc32)o1. The Labute approximate surface area is 86.3 Å². The minimum absolute atomic E-state index is 0.362. The topological polar surface area (TPSA) is 36.9 Å². The van der Waals surface area contributed by atoms with Crippen LogP contribution in [0.1, 0.15) is 5.76 Å². The molecule has 0 saturated heterocycles. The number of nitrogens with zero attached hydrogens (tertiary/aromatic N) is 1. The Kier molecular flexibility index (Phi) is 1.54. The molecule has 0 spiro atoms. The molecule has 0 N–H and O–H groups in total. The maximum atomic E-state index is 8.77. The second-order valence-corrected chi connectivity index (χ2v) is 3.42. The van der Waals surface area contributed by atoms with E-state index < -0.39 is 0 Å². The van der Waals surface area contributed by atoms with Gasteiger partial charge in [-0.2, -0.15) is 5.26 Å². The van der Waals surface area contributed by atoms with Crippen LogP contribution in [0.4, 0.5) is 0 Å². The molecule has 70 valence electrons. The molecule has 3 aromatic rings. The summed E-state index contributed by atoms with van der Waals surface area (Å²) in [7, 11) is 0. The van der Waals surface area contributed by atoms with Gasteiger partial charge in [-0.25, -0.2) is 0 Å². The average molecular weight is 193 g/mol. The molecule has 1 aromatic heterocycles. The van der Waals surface area contributed by atoms with E-state index in [1.807, 2.05) is 42.5 Å². The van der Waals surface area contributed by atoms with Gasteiger partial charge in [0, 0.05) is 11.5 Å². The van der Waals surface area contributed by atoms with Gasteiger partial charge in [0.05, 0.1) is 0 Å². The standard InChI is InChI=1S/C13H7NO/c14-8-10-7-12-11-4-2-1-3-9(11)5-6-13(12)15-10/h1-7H. The first-order valence-corrected chi connectivity index (χ1v) is 4.70. The smallest absolute Gasteiger partial charge is 0.204 e. The highest BCUT2D eigenvalue weighted by Crippen LogP contribution is 2.27. The zero-order valence-corrected chi connectivity index (χ0v) is 7.90. The number of furan rings is 1. The van der Waals surface area contributed by atoms with Crippen LogP contribution >= 0.6 is 0 Å². The van der Waals surface area contributed by atoms with Crippen molar-refractivity contribution < 1.29 is 4.42 Å². The number of hydrogen-bond donors (Lipinski definition) is 0. The van der Waals surface area contributed by atoms with Crippen molar-refractivity contribution in [3.8, 4) is 6.07 Å². The third-order valence-electron chi connectivity index (χ3n) is 2.54. The summed E-state index contributed by atoms with van der Waals surface area (Å²) < 4.78 is 5.36. The van der Waals surface area contributed by atoms with Gasteiger partial charge in [0.1, 0.15) is 11.7 Å². The average Bonchev–Trinajstić information content (AvgIpc) is 2.72. The molecule has 0 atom stereocenters. The molecule has 15 heavy (non-hydrogen) atoms. The molecule has 2 nitrogen and oxygen atoms in total. The van der Waals surface area contributed by atoms with Crippen molar-refractivity contribution in [2.75, 3.05) is 0 Å².